The summed E-state index contributed by atoms with van der Waals surface area (Å²) in [6.07, 6.45) is 0. The maximum atomic E-state index is 12.8. The molecule has 1 aliphatic heterocycles. The van der Waals surface area contributed by atoms with Gasteiger partial charge in [0.25, 0.3) is 5.91 Å². The standard InChI is InChI=1S/C21H29N5O2S/c1-15-6-5-7-16(12-15)22-20-23-17(14-29-20)19(28)26-10-8-25(9-11-26)13-18(27)24-21(2,3)4/h5-7,12,14H,8-11,13H2,1-4H3,(H,22,23)(H,24,27). The fraction of sp³-hybridized carbons (Fsp3) is 0.476. The second kappa shape index (κ2) is 8.92. The smallest absolute Gasteiger partial charge is 0.273 e. The van der Waals surface area contributed by atoms with E-state index in [9.17, 15) is 9.59 Å². The first kappa shape index (κ1) is 21.3. The number of hydrogen-bond donors (Lipinski definition) is 2. The Bertz CT molecular complexity index is 866. The molecule has 0 bridgehead atoms. The first-order valence-electron chi connectivity index (χ1n) is 9.81. The Kier molecular flexibility index (Phi) is 6.54. The van der Waals surface area contributed by atoms with Crippen LogP contribution in [0.15, 0.2) is 29.6 Å². The molecular weight excluding hydrogens is 386 g/mol. The SMILES string of the molecule is Cc1cccc(Nc2nc(C(=O)N3CCN(CC(=O)NC(C)(C)C)CC3)cs2)c1. The Morgan fingerprint density at radius 3 is 2.55 bits per heavy atom. The highest BCUT2D eigenvalue weighted by atomic mass is 32.1. The molecule has 2 aromatic rings. The van der Waals surface area contributed by atoms with E-state index in [1.165, 1.54) is 11.3 Å². The molecule has 156 valence electrons. The second-order valence-electron chi connectivity index (χ2n) is 8.40. The van der Waals surface area contributed by atoms with Crippen molar-refractivity contribution in [3.05, 3.63) is 40.9 Å². The van der Waals surface area contributed by atoms with Crippen LogP contribution < -0.4 is 10.6 Å². The Morgan fingerprint density at radius 2 is 1.90 bits per heavy atom. The number of piperazine rings is 1. The molecule has 0 saturated carbocycles. The van der Waals surface area contributed by atoms with Gasteiger partial charge in [-0.05, 0) is 45.4 Å². The van der Waals surface area contributed by atoms with E-state index < -0.39 is 0 Å². The first-order valence-corrected chi connectivity index (χ1v) is 10.7. The van der Waals surface area contributed by atoms with Crippen LogP contribution in [0.5, 0.6) is 0 Å². The van der Waals surface area contributed by atoms with E-state index in [0.717, 1.165) is 11.3 Å². The third-order valence-corrected chi connectivity index (χ3v) is 5.29. The highest BCUT2D eigenvalue weighted by Gasteiger charge is 2.25. The normalized spacial score (nSPS) is 15.2. The molecule has 2 heterocycles. The Morgan fingerprint density at radius 1 is 1.17 bits per heavy atom. The summed E-state index contributed by atoms with van der Waals surface area (Å²) in [6, 6.07) is 8.04. The quantitative estimate of drug-likeness (QED) is 0.785. The van der Waals surface area contributed by atoms with Gasteiger partial charge in [-0.2, -0.15) is 0 Å². The summed E-state index contributed by atoms with van der Waals surface area (Å²) in [5.74, 6) is -0.0408. The fourth-order valence-electron chi connectivity index (χ4n) is 3.21. The molecule has 1 fully saturated rings. The molecule has 0 unspecified atom stereocenters. The minimum Gasteiger partial charge on any atom is -0.350 e. The van der Waals surface area contributed by atoms with Crippen molar-refractivity contribution >= 4 is 34.0 Å². The minimum absolute atomic E-state index is 0.0173. The molecule has 1 aromatic carbocycles. The van der Waals surface area contributed by atoms with E-state index in [4.69, 9.17) is 0 Å². The van der Waals surface area contributed by atoms with Crippen LogP contribution in [0, 0.1) is 6.92 Å². The summed E-state index contributed by atoms with van der Waals surface area (Å²) < 4.78 is 0. The third kappa shape index (κ3) is 6.27. The van der Waals surface area contributed by atoms with Gasteiger partial charge in [-0.15, -0.1) is 11.3 Å². The number of nitrogens with zero attached hydrogens (tertiary/aromatic N) is 3. The molecule has 2 amide bonds. The third-order valence-electron chi connectivity index (χ3n) is 4.53. The Labute approximate surface area is 176 Å². The molecule has 0 atom stereocenters. The summed E-state index contributed by atoms with van der Waals surface area (Å²) in [7, 11) is 0. The van der Waals surface area contributed by atoms with Crippen LogP contribution in [0.4, 0.5) is 10.8 Å². The number of aryl methyl sites for hydroxylation is 1. The van der Waals surface area contributed by atoms with Gasteiger partial charge >= 0.3 is 0 Å². The summed E-state index contributed by atoms with van der Waals surface area (Å²) in [5, 5.41) is 8.73. The van der Waals surface area contributed by atoms with E-state index in [0.29, 0.717) is 43.5 Å². The first-order chi connectivity index (χ1) is 13.7. The Balaban J connectivity index is 1.51. The van der Waals surface area contributed by atoms with Crippen molar-refractivity contribution in [2.24, 2.45) is 0 Å². The van der Waals surface area contributed by atoms with Crippen LogP contribution in [0.25, 0.3) is 0 Å². The molecule has 7 nitrogen and oxygen atoms in total. The number of anilines is 2. The zero-order valence-electron chi connectivity index (χ0n) is 17.5. The predicted molar refractivity (Wildman–Crippen MR) is 117 cm³/mol. The number of carbonyl (C=O) groups excluding carboxylic acids is 2. The predicted octanol–water partition coefficient (Wildman–Crippen LogP) is 2.87. The van der Waals surface area contributed by atoms with Crippen molar-refractivity contribution < 1.29 is 9.59 Å². The van der Waals surface area contributed by atoms with Crippen molar-refractivity contribution in [3.8, 4) is 0 Å². The largest absolute Gasteiger partial charge is 0.350 e. The zero-order valence-corrected chi connectivity index (χ0v) is 18.3. The molecule has 0 radical (unpaired) electrons. The monoisotopic (exact) mass is 415 g/mol. The maximum Gasteiger partial charge on any atom is 0.273 e. The topological polar surface area (TPSA) is 77.6 Å². The second-order valence-corrected chi connectivity index (χ2v) is 9.26. The van der Waals surface area contributed by atoms with Gasteiger partial charge < -0.3 is 15.5 Å². The molecule has 0 aliphatic carbocycles. The van der Waals surface area contributed by atoms with Crippen molar-refractivity contribution in [1.29, 1.82) is 0 Å². The summed E-state index contributed by atoms with van der Waals surface area (Å²) in [6.45, 7) is 10.9. The van der Waals surface area contributed by atoms with Gasteiger partial charge in [0, 0.05) is 42.8 Å². The van der Waals surface area contributed by atoms with Crippen molar-refractivity contribution in [2.75, 3.05) is 38.0 Å². The van der Waals surface area contributed by atoms with E-state index >= 15 is 0 Å². The highest BCUT2D eigenvalue weighted by molar-refractivity contribution is 7.14. The average Bonchev–Trinajstić information content (AvgIpc) is 3.08. The van der Waals surface area contributed by atoms with Crippen LogP contribution in [0.2, 0.25) is 0 Å². The van der Waals surface area contributed by atoms with Gasteiger partial charge in [-0.3, -0.25) is 14.5 Å². The molecule has 1 saturated heterocycles. The molecule has 1 aliphatic rings. The van der Waals surface area contributed by atoms with Gasteiger partial charge in [0.05, 0.1) is 6.54 Å². The molecule has 29 heavy (non-hydrogen) atoms. The van der Waals surface area contributed by atoms with Gasteiger partial charge in [0.15, 0.2) is 5.13 Å². The minimum atomic E-state index is -0.232. The lowest BCUT2D eigenvalue weighted by molar-refractivity contribution is -0.124. The van der Waals surface area contributed by atoms with Crippen LogP contribution in [0.1, 0.15) is 36.8 Å². The highest BCUT2D eigenvalue weighted by Crippen LogP contribution is 2.22. The number of amides is 2. The number of rotatable bonds is 5. The van der Waals surface area contributed by atoms with E-state index in [-0.39, 0.29) is 17.4 Å². The molecule has 2 N–H and O–H groups in total. The summed E-state index contributed by atoms with van der Waals surface area (Å²) in [5.41, 5.74) is 2.35. The molecule has 3 rings (SSSR count). The maximum absolute atomic E-state index is 12.8. The molecule has 1 aromatic heterocycles. The van der Waals surface area contributed by atoms with Crippen LogP contribution in [-0.4, -0.2) is 64.9 Å². The lowest BCUT2D eigenvalue weighted by Crippen LogP contribution is -2.52. The van der Waals surface area contributed by atoms with Crippen molar-refractivity contribution in [2.45, 2.75) is 33.2 Å². The number of hydrogen-bond acceptors (Lipinski definition) is 6. The lowest BCUT2D eigenvalue weighted by Gasteiger charge is -2.34. The fourth-order valence-corrected chi connectivity index (χ4v) is 3.91. The van der Waals surface area contributed by atoms with Crippen LogP contribution in [-0.2, 0) is 4.79 Å². The Hall–Kier alpha value is -2.45. The number of benzene rings is 1. The van der Waals surface area contributed by atoms with Gasteiger partial charge in [0.2, 0.25) is 5.91 Å². The average molecular weight is 416 g/mol. The molecule has 8 heteroatoms. The number of nitrogens with one attached hydrogen (secondary N) is 2. The zero-order chi connectivity index (χ0) is 21.0. The number of thiazole rings is 1. The van der Waals surface area contributed by atoms with Crippen molar-refractivity contribution in [3.63, 3.8) is 0 Å². The van der Waals surface area contributed by atoms with Gasteiger partial charge in [-0.25, -0.2) is 4.98 Å². The van der Waals surface area contributed by atoms with Crippen molar-refractivity contribution in [1.82, 2.24) is 20.1 Å². The van der Waals surface area contributed by atoms with Gasteiger partial charge in [-0.1, -0.05) is 12.1 Å². The molecular formula is C21H29N5O2S. The number of aromatic nitrogens is 1. The molecule has 0 spiro atoms. The van der Waals surface area contributed by atoms with E-state index in [2.05, 4.69) is 20.5 Å². The summed E-state index contributed by atoms with van der Waals surface area (Å²) >= 11 is 1.42. The number of carbonyl (C=O) groups is 2. The van der Waals surface area contributed by atoms with Gasteiger partial charge in [0.1, 0.15) is 5.69 Å². The lowest BCUT2D eigenvalue weighted by atomic mass is 10.1. The summed E-state index contributed by atoms with van der Waals surface area (Å²) in [4.78, 5) is 33.2. The van der Waals surface area contributed by atoms with E-state index in [1.807, 2.05) is 56.9 Å². The van der Waals surface area contributed by atoms with Crippen LogP contribution in [0.3, 0.4) is 0 Å². The van der Waals surface area contributed by atoms with E-state index in [1.54, 1.807) is 5.38 Å². The van der Waals surface area contributed by atoms with Crippen LogP contribution >= 0.6 is 11.3 Å².